The molecule has 132 valence electrons. The smallest absolute Gasteiger partial charge is 0.0420 e. The highest BCUT2D eigenvalue weighted by Gasteiger charge is 2.41. The van der Waals surface area contributed by atoms with Gasteiger partial charge in [0, 0.05) is 37.9 Å². The molecular weight excluding hydrogens is 316 g/mol. The molecule has 0 aromatic heterocycles. The van der Waals surface area contributed by atoms with E-state index in [9.17, 15) is 0 Å². The van der Waals surface area contributed by atoms with Crippen LogP contribution in [0.3, 0.4) is 0 Å². The maximum Gasteiger partial charge on any atom is 0.0420 e. The van der Waals surface area contributed by atoms with E-state index in [-0.39, 0.29) is 0 Å². The number of allylic oxidation sites excluding steroid dienone is 1. The van der Waals surface area contributed by atoms with Crippen molar-refractivity contribution in [2.24, 2.45) is 11.8 Å². The molecule has 4 heterocycles. The monoisotopic (exact) mass is 342 g/mol. The molecule has 7 rings (SSSR count). The van der Waals surface area contributed by atoms with Gasteiger partial charge in [-0.25, -0.2) is 0 Å². The average molecular weight is 342 g/mol. The molecule has 4 atom stereocenters. The Bertz CT molecular complexity index is 852. The van der Waals surface area contributed by atoms with Gasteiger partial charge in [0.15, 0.2) is 0 Å². The van der Waals surface area contributed by atoms with E-state index in [0.29, 0.717) is 0 Å². The second-order valence-corrected chi connectivity index (χ2v) is 8.80. The second-order valence-electron chi connectivity index (χ2n) is 8.80. The van der Waals surface area contributed by atoms with E-state index < -0.39 is 0 Å². The fraction of sp³-hybridized carbons (Fsp3) is 0.417. The van der Waals surface area contributed by atoms with Crippen LogP contribution in [0, 0.1) is 11.8 Å². The molecule has 0 radical (unpaired) electrons. The topological polar surface area (TPSA) is 6.48 Å². The summed E-state index contributed by atoms with van der Waals surface area (Å²) in [4.78, 5) is 5.44. The van der Waals surface area contributed by atoms with E-state index in [1.165, 1.54) is 67.0 Å². The Labute approximate surface area is 156 Å². The summed E-state index contributed by atoms with van der Waals surface area (Å²) < 4.78 is 0. The largest absolute Gasteiger partial charge is 0.367 e. The van der Waals surface area contributed by atoms with E-state index >= 15 is 0 Å². The molecule has 4 aliphatic heterocycles. The standard InChI is InChI=1S/C24H26N2/c1-2-19-4-5-22(12-21(19)3-1)20-6-8-23(9-7-20)26-15-18-10-17-11-24(26)16-25(13-17)14-18/h1,3-9,12,17-18,24H,2,10-11,13-16H2. The quantitative estimate of drug-likeness (QED) is 0.795. The zero-order chi connectivity index (χ0) is 17.1. The molecule has 2 aromatic rings. The number of piperidine rings is 2. The third kappa shape index (κ3) is 2.43. The molecule has 0 spiro atoms. The Morgan fingerprint density at radius 3 is 2.50 bits per heavy atom. The van der Waals surface area contributed by atoms with Crippen LogP contribution in [0.1, 0.15) is 24.0 Å². The molecule has 4 fully saturated rings. The first-order chi connectivity index (χ1) is 12.8. The molecule has 0 N–H and O–H groups in total. The van der Waals surface area contributed by atoms with Crippen LogP contribution >= 0.6 is 0 Å². The van der Waals surface area contributed by atoms with Crippen molar-refractivity contribution >= 4 is 11.8 Å². The minimum absolute atomic E-state index is 0.720. The third-order valence-electron chi connectivity index (χ3n) is 6.98. The van der Waals surface area contributed by atoms with E-state index in [1.54, 1.807) is 0 Å². The van der Waals surface area contributed by atoms with Gasteiger partial charge in [-0.15, -0.1) is 0 Å². The number of hydrogen-bond acceptors (Lipinski definition) is 2. The van der Waals surface area contributed by atoms with Crippen molar-refractivity contribution in [3.05, 3.63) is 59.7 Å². The van der Waals surface area contributed by atoms with Gasteiger partial charge in [0.05, 0.1) is 0 Å². The Hall–Kier alpha value is -2.06. The second kappa shape index (κ2) is 5.72. The van der Waals surface area contributed by atoms with Gasteiger partial charge in [0.25, 0.3) is 0 Å². The van der Waals surface area contributed by atoms with E-state index in [2.05, 4.69) is 64.4 Å². The molecule has 1 aliphatic carbocycles. The number of fused-ring (bicyclic) bond motifs is 2. The van der Waals surface area contributed by atoms with Gasteiger partial charge in [0.1, 0.15) is 0 Å². The van der Waals surface area contributed by atoms with Gasteiger partial charge < -0.3 is 9.80 Å². The van der Waals surface area contributed by atoms with Crippen molar-refractivity contribution in [2.45, 2.75) is 25.3 Å². The maximum absolute atomic E-state index is 2.72. The lowest BCUT2D eigenvalue weighted by Crippen LogP contribution is -2.49. The molecule has 0 saturated carbocycles. The zero-order valence-electron chi connectivity index (χ0n) is 15.3. The average Bonchev–Trinajstić information content (AvgIpc) is 3.04. The summed E-state index contributed by atoms with van der Waals surface area (Å²) in [6.45, 7) is 5.20. The molecule has 4 bridgehead atoms. The van der Waals surface area contributed by atoms with Crippen molar-refractivity contribution in [1.29, 1.82) is 0 Å². The minimum Gasteiger partial charge on any atom is -0.367 e. The van der Waals surface area contributed by atoms with Crippen LogP contribution in [-0.2, 0) is 6.42 Å². The normalized spacial score (nSPS) is 31.3. The van der Waals surface area contributed by atoms with Crippen LogP contribution in [0.4, 0.5) is 5.69 Å². The molecule has 26 heavy (non-hydrogen) atoms. The first kappa shape index (κ1) is 15.0. The van der Waals surface area contributed by atoms with Crippen molar-refractivity contribution in [1.82, 2.24) is 4.90 Å². The molecule has 5 aliphatic rings. The first-order valence-corrected chi connectivity index (χ1v) is 10.2. The molecule has 2 aromatic carbocycles. The summed E-state index contributed by atoms with van der Waals surface area (Å²) in [5.41, 5.74) is 6.94. The predicted octanol–water partition coefficient (Wildman–Crippen LogP) is 4.45. The van der Waals surface area contributed by atoms with Crippen LogP contribution < -0.4 is 4.90 Å². The van der Waals surface area contributed by atoms with Crippen molar-refractivity contribution in [3.8, 4) is 11.1 Å². The summed E-state index contributed by atoms with van der Waals surface area (Å²) in [6.07, 6.45) is 8.45. The fourth-order valence-electron chi connectivity index (χ4n) is 5.88. The number of rotatable bonds is 2. The summed E-state index contributed by atoms with van der Waals surface area (Å²) in [5, 5.41) is 0. The van der Waals surface area contributed by atoms with Crippen molar-refractivity contribution < 1.29 is 0 Å². The Morgan fingerprint density at radius 1 is 0.769 bits per heavy atom. The van der Waals surface area contributed by atoms with Crippen LogP contribution in [0.25, 0.3) is 17.2 Å². The lowest BCUT2D eigenvalue weighted by Gasteiger charge is -2.42. The van der Waals surface area contributed by atoms with E-state index in [1.807, 2.05) is 0 Å². The third-order valence-corrected chi connectivity index (χ3v) is 6.98. The van der Waals surface area contributed by atoms with E-state index in [0.717, 1.165) is 24.3 Å². The maximum atomic E-state index is 2.72. The number of benzene rings is 2. The number of hydrogen-bond donors (Lipinski definition) is 0. The molecule has 2 heteroatoms. The molecule has 2 nitrogen and oxygen atoms in total. The summed E-state index contributed by atoms with van der Waals surface area (Å²) >= 11 is 0. The van der Waals surface area contributed by atoms with Gasteiger partial charge in [0.2, 0.25) is 0 Å². The predicted molar refractivity (Wildman–Crippen MR) is 108 cm³/mol. The van der Waals surface area contributed by atoms with Crippen LogP contribution in [0.15, 0.2) is 48.5 Å². The highest BCUT2D eigenvalue weighted by atomic mass is 15.3. The molecule has 0 amide bonds. The fourth-order valence-corrected chi connectivity index (χ4v) is 5.88. The summed E-state index contributed by atoms with van der Waals surface area (Å²) in [5.74, 6) is 1.81. The number of nitrogens with zero attached hydrogens (tertiary/aromatic N) is 2. The summed E-state index contributed by atoms with van der Waals surface area (Å²) in [7, 11) is 0. The van der Waals surface area contributed by atoms with Gasteiger partial charge in [-0.3, -0.25) is 0 Å². The van der Waals surface area contributed by atoms with Gasteiger partial charge in [-0.2, -0.15) is 0 Å². The van der Waals surface area contributed by atoms with Gasteiger partial charge in [-0.1, -0.05) is 36.4 Å². The van der Waals surface area contributed by atoms with Crippen LogP contribution in [0.2, 0.25) is 0 Å². The van der Waals surface area contributed by atoms with Crippen LogP contribution in [0.5, 0.6) is 0 Å². The lowest BCUT2D eigenvalue weighted by atomic mass is 9.84. The Balaban J connectivity index is 1.29. The Morgan fingerprint density at radius 2 is 1.62 bits per heavy atom. The SMILES string of the molecule is C1=Cc2cc(-c3ccc(N4CC5CC6CC4CN(C6)C5)cc3)ccc2C1. The van der Waals surface area contributed by atoms with E-state index in [4.69, 9.17) is 0 Å². The lowest BCUT2D eigenvalue weighted by molar-refractivity contribution is 0.0980. The van der Waals surface area contributed by atoms with Gasteiger partial charge >= 0.3 is 0 Å². The Kier molecular flexibility index (Phi) is 3.31. The number of anilines is 1. The highest BCUT2D eigenvalue weighted by molar-refractivity contribution is 5.72. The van der Waals surface area contributed by atoms with Crippen molar-refractivity contribution in [3.63, 3.8) is 0 Å². The zero-order valence-corrected chi connectivity index (χ0v) is 15.3. The first-order valence-electron chi connectivity index (χ1n) is 10.2. The summed E-state index contributed by atoms with van der Waals surface area (Å²) in [6, 6.07) is 17.0. The highest BCUT2D eigenvalue weighted by Crippen LogP contribution is 2.39. The van der Waals surface area contributed by atoms with Gasteiger partial charge in [-0.05, 0) is 71.6 Å². The molecular formula is C24H26N2. The molecule has 4 unspecified atom stereocenters. The van der Waals surface area contributed by atoms with Crippen molar-refractivity contribution in [2.75, 3.05) is 31.1 Å². The van der Waals surface area contributed by atoms with Crippen LogP contribution in [-0.4, -0.2) is 37.1 Å². The molecule has 4 saturated heterocycles. The minimum atomic E-state index is 0.720.